The summed E-state index contributed by atoms with van der Waals surface area (Å²) in [5.41, 5.74) is -0.965. The number of rotatable bonds is 2. The molecule has 1 amide bonds. The van der Waals surface area contributed by atoms with Crippen LogP contribution in [-0.4, -0.2) is 40.3 Å². The Morgan fingerprint density at radius 3 is 2.75 bits per heavy atom. The minimum Gasteiger partial charge on any atom is -0.465 e. The number of carboxylic acid groups (broad SMARTS) is 1. The Bertz CT molecular complexity index is 209. The maximum absolute atomic E-state index is 10.7. The first-order valence-electron chi connectivity index (χ1n) is 3.69. The summed E-state index contributed by atoms with van der Waals surface area (Å²) in [6.07, 6.45) is 0.811. The molecule has 5 heteroatoms. The van der Waals surface area contributed by atoms with E-state index in [-0.39, 0.29) is 5.88 Å². The van der Waals surface area contributed by atoms with Gasteiger partial charge in [0.1, 0.15) is 11.8 Å². The average molecular weight is 192 g/mol. The molecule has 1 unspecified atom stereocenters. The molecule has 0 bridgehead atoms. The Labute approximate surface area is 75.1 Å². The third kappa shape index (κ3) is 1.27. The van der Waals surface area contributed by atoms with Crippen molar-refractivity contribution in [2.75, 3.05) is 12.4 Å². The second-order valence-electron chi connectivity index (χ2n) is 2.89. The van der Waals surface area contributed by atoms with Crippen LogP contribution in [-0.2, 0) is 4.79 Å². The van der Waals surface area contributed by atoms with Crippen LogP contribution in [0.5, 0.6) is 0 Å². The van der Waals surface area contributed by atoms with Gasteiger partial charge < -0.3 is 9.90 Å². The fraction of sp³-hybridized carbons (Fsp3) is 0.714. The molecule has 12 heavy (non-hydrogen) atoms. The molecule has 0 aromatic rings. The van der Waals surface area contributed by atoms with E-state index in [2.05, 4.69) is 0 Å². The Hall–Kier alpha value is -0.770. The lowest BCUT2D eigenvalue weighted by Gasteiger charge is -2.28. The first-order valence-corrected chi connectivity index (χ1v) is 4.22. The lowest BCUT2D eigenvalue weighted by molar-refractivity contribution is -0.115. The van der Waals surface area contributed by atoms with Crippen LogP contribution in [0.3, 0.4) is 0 Å². The predicted octanol–water partition coefficient (Wildman–Crippen LogP) is 0.937. The second kappa shape index (κ2) is 3.31. The van der Waals surface area contributed by atoms with Gasteiger partial charge in [-0.2, -0.15) is 0 Å². The SMILES string of the molecule is O=CC1(CCl)CCCN1C(=O)O. The summed E-state index contributed by atoms with van der Waals surface area (Å²) in [5.74, 6) is 0.0444. The molecule has 1 fully saturated rings. The molecule has 0 aromatic carbocycles. The molecule has 0 aliphatic carbocycles. The lowest BCUT2D eigenvalue weighted by Crippen LogP contribution is -2.49. The fourth-order valence-corrected chi connectivity index (χ4v) is 1.82. The molecule has 1 saturated heterocycles. The number of halogens is 1. The highest BCUT2D eigenvalue weighted by molar-refractivity contribution is 6.20. The molecular weight excluding hydrogens is 182 g/mol. The van der Waals surface area contributed by atoms with Crippen LogP contribution in [0.1, 0.15) is 12.8 Å². The van der Waals surface area contributed by atoms with Crippen molar-refractivity contribution in [2.24, 2.45) is 0 Å². The quantitative estimate of drug-likeness (QED) is 0.522. The number of amides is 1. The zero-order chi connectivity index (χ0) is 9.19. The van der Waals surface area contributed by atoms with Crippen LogP contribution in [0.25, 0.3) is 0 Å². The minimum absolute atomic E-state index is 0.0444. The van der Waals surface area contributed by atoms with E-state index in [0.29, 0.717) is 25.7 Å². The molecule has 0 aromatic heterocycles. The molecule has 1 atom stereocenters. The van der Waals surface area contributed by atoms with Crippen molar-refractivity contribution in [3.05, 3.63) is 0 Å². The summed E-state index contributed by atoms with van der Waals surface area (Å²) in [5, 5.41) is 8.72. The Kier molecular flexibility index (Phi) is 2.57. The minimum atomic E-state index is -1.07. The highest BCUT2D eigenvalue weighted by Crippen LogP contribution is 2.28. The fourth-order valence-electron chi connectivity index (χ4n) is 1.48. The molecular formula is C7H10ClNO3. The van der Waals surface area contributed by atoms with E-state index in [4.69, 9.17) is 16.7 Å². The van der Waals surface area contributed by atoms with Crippen molar-refractivity contribution < 1.29 is 14.7 Å². The van der Waals surface area contributed by atoms with Crippen molar-refractivity contribution in [3.8, 4) is 0 Å². The van der Waals surface area contributed by atoms with Crippen LogP contribution in [0.2, 0.25) is 0 Å². The number of nitrogens with zero attached hydrogens (tertiary/aromatic N) is 1. The number of carbonyl (C=O) groups excluding carboxylic acids is 1. The number of likely N-dealkylation sites (tertiary alicyclic amines) is 1. The third-order valence-corrected chi connectivity index (χ3v) is 2.67. The van der Waals surface area contributed by atoms with Crippen LogP contribution in [0, 0.1) is 0 Å². The lowest BCUT2D eigenvalue weighted by atomic mass is 10.0. The van der Waals surface area contributed by atoms with Gasteiger partial charge in [0.25, 0.3) is 0 Å². The Morgan fingerprint density at radius 2 is 2.42 bits per heavy atom. The summed E-state index contributed by atoms with van der Waals surface area (Å²) in [4.78, 5) is 22.4. The van der Waals surface area contributed by atoms with E-state index in [1.54, 1.807) is 0 Å². The van der Waals surface area contributed by atoms with Crippen molar-refractivity contribution >= 4 is 24.0 Å². The summed E-state index contributed by atoms with van der Waals surface area (Å²) in [6, 6.07) is 0. The topological polar surface area (TPSA) is 57.6 Å². The third-order valence-electron chi connectivity index (χ3n) is 2.21. The number of hydrogen-bond acceptors (Lipinski definition) is 2. The van der Waals surface area contributed by atoms with Crippen molar-refractivity contribution in [3.63, 3.8) is 0 Å². The molecule has 4 nitrogen and oxygen atoms in total. The van der Waals surface area contributed by atoms with Gasteiger partial charge in [0, 0.05) is 6.54 Å². The number of alkyl halides is 1. The number of carbonyl (C=O) groups is 2. The smallest absolute Gasteiger partial charge is 0.408 e. The molecule has 0 spiro atoms. The first kappa shape index (κ1) is 9.32. The van der Waals surface area contributed by atoms with Crippen LogP contribution in [0.15, 0.2) is 0 Å². The van der Waals surface area contributed by atoms with Gasteiger partial charge in [0.05, 0.1) is 5.88 Å². The van der Waals surface area contributed by atoms with E-state index < -0.39 is 11.6 Å². The predicted molar refractivity (Wildman–Crippen MR) is 43.5 cm³/mol. The molecule has 0 radical (unpaired) electrons. The van der Waals surface area contributed by atoms with E-state index >= 15 is 0 Å². The number of hydrogen-bond donors (Lipinski definition) is 1. The standard InChI is InChI=1S/C7H10ClNO3/c8-4-7(5-10)2-1-3-9(7)6(11)12/h5H,1-4H2,(H,11,12). The average Bonchev–Trinajstić information content (AvgIpc) is 2.48. The molecule has 68 valence electrons. The van der Waals surface area contributed by atoms with Gasteiger partial charge in [-0.3, -0.25) is 4.90 Å². The van der Waals surface area contributed by atoms with Crippen LogP contribution >= 0.6 is 11.6 Å². The summed E-state index contributed by atoms with van der Waals surface area (Å²) >= 11 is 5.57. The number of aldehydes is 1. The monoisotopic (exact) mass is 191 g/mol. The molecule has 0 saturated carbocycles. The highest BCUT2D eigenvalue weighted by atomic mass is 35.5. The molecule has 1 N–H and O–H groups in total. The van der Waals surface area contributed by atoms with Gasteiger partial charge in [-0.05, 0) is 12.8 Å². The van der Waals surface area contributed by atoms with Gasteiger partial charge >= 0.3 is 6.09 Å². The van der Waals surface area contributed by atoms with Crippen LogP contribution < -0.4 is 0 Å². The van der Waals surface area contributed by atoms with Crippen molar-refractivity contribution in [1.29, 1.82) is 0 Å². The van der Waals surface area contributed by atoms with Crippen molar-refractivity contribution in [1.82, 2.24) is 4.90 Å². The van der Waals surface area contributed by atoms with E-state index in [9.17, 15) is 9.59 Å². The maximum Gasteiger partial charge on any atom is 0.408 e. The molecule has 1 heterocycles. The van der Waals surface area contributed by atoms with E-state index in [1.807, 2.05) is 0 Å². The van der Waals surface area contributed by atoms with Gasteiger partial charge in [-0.25, -0.2) is 4.79 Å². The first-order chi connectivity index (χ1) is 5.66. The Morgan fingerprint density at radius 1 is 1.75 bits per heavy atom. The zero-order valence-corrected chi connectivity index (χ0v) is 7.25. The van der Waals surface area contributed by atoms with Gasteiger partial charge in [0.15, 0.2) is 0 Å². The summed E-state index contributed by atoms with van der Waals surface area (Å²) in [6.45, 7) is 0.404. The van der Waals surface area contributed by atoms with E-state index in [1.165, 1.54) is 0 Å². The molecule has 1 aliphatic rings. The zero-order valence-electron chi connectivity index (χ0n) is 6.49. The van der Waals surface area contributed by atoms with Gasteiger partial charge in [-0.15, -0.1) is 11.6 Å². The van der Waals surface area contributed by atoms with Gasteiger partial charge in [-0.1, -0.05) is 0 Å². The highest BCUT2D eigenvalue weighted by Gasteiger charge is 2.43. The normalized spacial score (nSPS) is 28.9. The Balaban J connectivity index is 2.86. The van der Waals surface area contributed by atoms with Crippen molar-refractivity contribution in [2.45, 2.75) is 18.4 Å². The summed E-state index contributed by atoms with van der Waals surface area (Å²) < 4.78 is 0. The largest absolute Gasteiger partial charge is 0.465 e. The van der Waals surface area contributed by atoms with E-state index in [0.717, 1.165) is 4.90 Å². The van der Waals surface area contributed by atoms with Crippen LogP contribution in [0.4, 0.5) is 4.79 Å². The molecule has 1 rings (SSSR count). The maximum atomic E-state index is 10.7. The van der Waals surface area contributed by atoms with Gasteiger partial charge in [0.2, 0.25) is 0 Å². The molecule has 1 aliphatic heterocycles. The summed E-state index contributed by atoms with van der Waals surface area (Å²) in [7, 11) is 0. The second-order valence-corrected chi connectivity index (χ2v) is 3.16.